The van der Waals surface area contributed by atoms with Crippen molar-refractivity contribution in [1.29, 1.82) is 0 Å². The monoisotopic (exact) mass is 364 g/mol. The van der Waals surface area contributed by atoms with Crippen molar-refractivity contribution in [3.8, 4) is 5.75 Å². The fourth-order valence-corrected chi connectivity index (χ4v) is 3.73. The maximum absolute atomic E-state index is 13.5. The van der Waals surface area contributed by atoms with Gasteiger partial charge < -0.3 is 14.2 Å². The Morgan fingerprint density at radius 3 is 2.48 bits per heavy atom. The van der Waals surface area contributed by atoms with Crippen LogP contribution in [0.15, 0.2) is 42.5 Å². The lowest BCUT2D eigenvalue weighted by Gasteiger charge is -2.23. The minimum Gasteiger partial charge on any atom is -0.494 e. The molecule has 0 saturated heterocycles. The highest BCUT2D eigenvalue weighted by Gasteiger charge is 2.24. The Balaban J connectivity index is 2.14. The highest BCUT2D eigenvalue weighted by atomic mass is 16.5. The van der Waals surface area contributed by atoms with Crippen LogP contribution in [0.1, 0.15) is 42.4 Å². The van der Waals surface area contributed by atoms with Gasteiger partial charge >= 0.3 is 0 Å². The number of carbonyl (C=O) groups excluding carboxylic acids is 1. The SMILES string of the molecule is CCOc1ccc2c(c1)c(C)c(C(=O)N(CC)c1cccc(C)c1)n2CC. The number of anilines is 1. The van der Waals surface area contributed by atoms with Gasteiger partial charge in [-0.1, -0.05) is 12.1 Å². The molecule has 0 bridgehead atoms. The molecule has 2 aromatic carbocycles. The molecule has 0 radical (unpaired) electrons. The molecule has 0 saturated carbocycles. The summed E-state index contributed by atoms with van der Waals surface area (Å²) in [7, 11) is 0. The summed E-state index contributed by atoms with van der Waals surface area (Å²) < 4.78 is 7.77. The number of carbonyl (C=O) groups is 1. The van der Waals surface area contributed by atoms with Crippen LogP contribution >= 0.6 is 0 Å². The largest absolute Gasteiger partial charge is 0.494 e. The van der Waals surface area contributed by atoms with Crippen LogP contribution in [0.3, 0.4) is 0 Å². The smallest absolute Gasteiger partial charge is 0.275 e. The van der Waals surface area contributed by atoms with E-state index < -0.39 is 0 Å². The first-order valence-corrected chi connectivity index (χ1v) is 9.65. The molecule has 0 aliphatic carbocycles. The van der Waals surface area contributed by atoms with Crippen LogP contribution in [0, 0.1) is 13.8 Å². The van der Waals surface area contributed by atoms with E-state index in [1.54, 1.807) is 0 Å². The molecule has 3 aromatic rings. The average Bonchev–Trinajstić information content (AvgIpc) is 2.94. The summed E-state index contributed by atoms with van der Waals surface area (Å²) >= 11 is 0. The Hall–Kier alpha value is -2.75. The number of aromatic nitrogens is 1. The van der Waals surface area contributed by atoms with E-state index in [-0.39, 0.29) is 5.91 Å². The molecule has 4 heteroatoms. The maximum Gasteiger partial charge on any atom is 0.275 e. The fourth-order valence-electron chi connectivity index (χ4n) is 3.73. The maximum atomic E-state index is 13.5. The molecule has 0 atom stereocenters. The van der Waals surface area contributed by atoms with Crippen molar-refractivity contribution in [2.45, 2.75) is 41.2 Å². The summed E-state index contributed by atoms with van der Waals surface area (Å²) in [6.07, 6.45) is 0. The molecule has 142 valence electrons. The van der Waals surface area contributed by atoms with Gasteiger partial charge in [-0.25, -0.2) is 0 Å². The number of hydrogen-bond acceptors (Lipinski definition) is 2. The van der Waals surface area contributed by atoms with Gasteiger partial charge in [0.05, 0.1) is 6.61 Å². The van der Waals surface area contributed by atoms with Gasteiger partial charge in [-0.15, -0.1) is 0 Å². The second kappa shape index (κ2) is 7.87. The molecule has 4 nitrogen and oxygen atoms in total. The van der Waals surface area contributed by atoms with Crippen LogP contribution < -0.4 is 9.64 Å². The second-order valence-corrected chi connectivity index (χ2v) is 6.72. The van der Waals surface area contributed by atoms with E-state index in [2.05, 4.69) is 23.6 Å². The molecule has 0 aliphatic rings. The molecule has 1 aromatic heterocycles. The first-order chi connectivity index (χ1) is 13.0. The van der Waals surface area contributed by atoms with Crippen molar-refractivity contribution in [2.24, 2.45) is 0 Å². The normalized spacial score (nSPS) is 11.0. The van der Waals surface area contributed by atoms with Gasteiger partial charge in [0.15, 0.2) is 0 Å². The third-order valence-corrected chi connectivity index (χ3v) is 4.99. The second-order valence-electron chi connectivity index (χ2n) is 6.72. The Bertz CT molecular complexity index is 972. The number of ether oxygens (including phenoxy) is 1. The van der Waals surface area contributed by atoms with Crippen molar-refractivity contribution >= 4 is 22.5 Å². The van der Waals surface area contributed by atoms with Crippen LogP contribution in [-0.4, -0.2) is 23.6 Å². The predicted molar refractivity (Wildman–Crippen MR) is 112 cm³/mol. The standard InChI is InChI=1S/C23H28N2O2/c1-6-24(18-11-9-10-16(4)14-18)23(26)22-17(5)20-15-19(27-8-3)12-13-21(20)25(22)7-2/h9-15H,6-8H2,1-5H3. The van der Waals surface area contributed by atoms with Gasteiger partial charge in [0.2, 0.25) is 0 Å². The van der Waals surface area contributed by atoms with Crippen molar-refractivity contribution in [3.05, 3.63) is 59.3 Å². The summed E-state index contributed by atoms with van der Waals surface area (Å²) in [6.45, 7) is 12.1. The van der Waals surface area contributed by atoms with Crippen LogP contribution in [-0.2, 0) is 6.54 Å². The van der Waals surface area contributed by atoms with Crippen LogP contribution in [0.4, 0.5) is 5.69 Å². The number of rotatable bonds is 6. The van der Waals surface area contributed by atoms with Crippen molar-refractivity contribution in [1.82, 2.24) is 4.57 Å². The fraction of sp³-hybridized carbons (Fsp3) is 0.348. The number of amides is 1. The van der Waals surface area contributed by atoms with Gasteiger partial charge in [0.25, 0.3) is 5.91 Å². The van der Waals surface area contributed by atoms with E-state index in [1.807, 2.05) is 62.9 Å². The van der Waals surface area contributed by atoms with Gasteiger partial charge in [-0.3, -0.25) is 4.79 Å². The highest BCUT2D eigenvalue weighted by Crippen LogP contribution is 2.31. The van der Waals surface area contributed by atoms with Crippen molar-refractivity contribution in [3.63, 3.8) is 0 Å². The predicted octanol–water partition coefficient (Wildman–Crippen LogP) is 5.34. The first kappa shape index (κ1) is 19.0. The molecule has 0 spiro atoms. The number of benzene rings is 2. The van der Waals surface area contributed by atoms with E-state index in [9.17, 15) is 4.79 Å². The lowest BCUT2D eigenvalue weighted by molar-refractivity contribution is 0.0979. The van der Waals surface area contributed by atoms with Gasteiger partial charge in [-0.05, 0) is 76.1 Å². The van der Waals surface area contributed by atoms with Gasteiger partial charge in [-0.2, -0.15) is 0 Å². The van der Waals surface area contributed by atoms with E-state index in [0.717, 1.165) is 45.7 Å². The zero-order valence-electron chi connectivity index (χ0n) is 16.9. The van der Waals surface area contributed by atoms with E-state index in [0.29, 0.717) is 13.2 Å². The van der Waals surface area contributed by atoms with Gasteiger partial charge in [0.1, 0.15) is 11.4 Å². The first-order valence-electron chi connectivity index (χ1n) is 9.65. The average molecular weight is 364 g/mol. The third-order valence-electron chi connectivity index (χ3n) is 4.99. The Kier molecular flexibility index (Phi) is 5.54. The van der Waals surface area contributed by atoms with Crippen LogP contribution in [0.5, 0.6) is 5.75 Å². The van der Waals surface area contributed by atoms with Crippen molar-refractivity contribution in [2.75, 3.05) is 18.1 Å². The molecule has 0 N–H and O–H groups in total. The summed E-state index contributed by atoms with van der Waals surface area (Å²) in [5.74, 6) is 0.878. The highest BCUT2D eigenvalue weighted by molar-refractivity contribution is 6.09. The molecule has 0 unspecified atom stereocenters. The number of hydrogen-bond donors (Lipinski definition) is 0. The van der Waals surface area contributed by atoms with Crippen LogP contribution in [0.25, 0.3) is 10.9 Å². The zero-order chi connectivity index (χ0) is 19.6. The molecule has 1 amide bonds. The molecule has 3 rings (SSSR count). The van der Waals surface area contributed by atoms with Crippen molar-refractivity contribution < 1.29 is 9.53 Å². The van der Waals surface area contributed by atoms with E-state index in [4.69, 9.17) is 4.74 Å². The molecule has 27 heavy (non-hydrogen) atoms. The molecular formula is C23H28N2O2. The third kappa shape index (κ3) is 3.44. The molecule has 0 aliphatic heterocycles. The van der Waals surface area contributed by atoms with E-state index in [1.165, 1.54) is 0 Å². The van der Waals surface area contributed by atoms with Gasteiger partial charge in [0, 0.05) is 29.7 Å². The Morgan fingerprint density at radius 1 is 1.07 bits per heavy atom. The summed E-state index contributed by atoms with van der Waals surface area (Å²) in [5, 5.41) is 1.08. The minimum absolute atomic E-state index is 0.0385. The summed E-state index contributed by atoms with van der Waals surface area (Å²) in [6, 6.07) is 14.2. The number of aryl methyl sites for hydroxylation is 3. The summed E-state index contributed by atoms with van der Waals surface area (Å²) in [5.41, 5.74) is 4.91. The Labute approximate surface area is 161 Å². The van der Waals surface area contributed by atoms with Crippen LogP contribution in [0.2, 0.25) is 0 Å². The lowest BCUT2D eigenvalue weighted by atomic mass is 10.1. The number of nitrogens with zero attached hydrogens (tertiary/aromatic N) is 2. The number of fused-ring (bicyclic) bond motifs is 1. The summed E-state index contributed by atoms with van der Waals surface area (Å²) in [4.78, 5) is 15.4. The Morgan fingerprint density at radius 2 is 1.85 bits per heavy atom. The quantitative estimate of drug-likeness (QED) is 0.591. The molecule has 1 heterocycles. The zero-order valence-corrected chi connectivity index (χ0v) is 16.9. The van der Waals surface area contributed by atoms with E-state index >= 15 is 0 Å². The lowest BCUT2D eigenvalue weighted by Crippen LogP contribution is -2.32. The minimum atomic E-state index is 0.0385. The topological polar surface area (TPSA) is 34.5 Å². The molecule has 0 fully saturated rings. The molecular weight excluding hydrogens is 336 g/mol.